The van der Waals surface area contributed by atoms with E-state index in [0.29, 0.717) is 32.5 Å². The lowest BCUT2D eigenvalue weighted by Crippen LogP contribution is -2.50. The van der Waals surface area contributed by atoms with E-state index in [1.54, 1.807) is 7.11 Å². The summed E-state index contributed by atoms with van der Waals surface area (Å²) in [5, 5.41) is 13.0. The molecule has 0 radical (unpaired) electrons. The van der Waals surface area contributed by atoms with Crippen molar-refractivity contribution < 1.29 is 14.2 Å². The summed E-state index contributed by atoms with van der Waals surface area (Å²) < 4.78 is 16.2. The first-order chi connectivity index (χ1) is 9.78. The molecule has 0 saturated heterocycles. The Balaban J connectivity index is 1.66. The van der Waals surface area contributed by atoms with Crippen LogP contribution in [0.25, 0.3) is 0 Å². The summed E-state index contributed by atoms with van der Waals surface area (Å²) in [4.78, 5) is 0. The first kappa shape index (κ1) is 15.7. The van der Waals surface area contributed by atoms with Gasteiger partial charge in [-0.2, -0.15) is 5.26 Å². The van der Waals surface area contributed by atoms with Gasteiger partial charge in [0.2, 0.25) is 0 Å². The maximum Gasteiger partial charge on any atom is 0.109 e. The molecule has 0 bridgehead atoms. The van der Waals surface area contributed by atoms with E-state index in [1.807, 2.05) is 0 Å². The molecule has 0 aromatic carbocycles. The standard InChI is InChI=1S/C15H26N2O3/c1-18-7-8-19-9-10-20-14-3-2-6-15(11-14,12-16)17-13-4-5-13/h13-14,17H,2-11H2,1H3. The highest BCUT2D eigenvalue weighted by Crippen LogP contribution is 2.33. The van der Waals surface area contributed by atoms with Crippen molar-refractivity contribution >= 4 is 0 Å². The predicted octanol–water partition coefficient (Wildman–Crippen LogP) is 1.62. The van der Waals surface area contributed by atoms with Crippen molar-refractivity contribution in [1.29, 1.82) is 5.26 Å². The quantitative estimate of drug-likeness (QED) is 0.651. The van der Waals surface area contributed by atoms with Crippen LogP contribution in [0.15, 0.2) is 0 Å². The second-order valence-corrected chi connectivity index (χ2v) is 5.81. The van der Waals surface area contributed by atoms with Crippen molar-refractivity contribution in [3.63, 3.8) is 0 Å². The Labute approximate surface area is 121 Å². The van der Waals surface area contributed by atoms with Crippen LogP contribution in [0.4, 0.5) is 0 Å². The van der Waals surface area contributed by atoms with E-state index in [1.165, 1.54) is 12.8 Å². The van der Waals surface area contributed by atoms with E-state index < -0.39 is 0 Å². The van der Waals surface area contributed by atoms with Crippen molar-refractivity contribution in [3.8, 4) is 6.07 Å². The van der Waals surface area contributed by atoms with Gasteiger partial charge in [-0.05, 0) is 32.1 Å². The Morgan fingerprint density at radius 1 is 1.20 bits per heavy atom. The maximum atomic E-state index is 9.50. The molecule has 2 atom stereocenters. The maximum absolute atomic E-state index is 9.50. The molecule has 2 saturated carbocycles. The van der Waals surface area contributed by atoms with Crippen LogP contribution in [0, 0.1) is 11.3 Å². The fraction of sp³-hybridized carbons (Fsp3) is 0.933. The summed E-state index contributed by atoms with van der Waals surface area (Å²) in [5.74, 6) is 0. The molecule has 2 aliphatic carbocycles. The molecule has 0 aromatic heterocycles. The minimum absolute atomic E-state index is 0.181. The van der Waals surface area contributed by atoms with Gasteiger partial charge in [0, 0.05) is 19.6 Å². The average Bonchev–Trinajstić information content (AvgIpc) is 3.27. The predicted molar refractivity (Wildman–Crippen MR) is 75.4 cm³/mol. The summed E-state index contributed by atoms with van der Waals surface area (Å²) in [7, 11) is 1.66. The summed E-state index contributed by atoms with van der Waals surface area (Å²) in [6.45, 7) is 2.41. The van der Waals surface area contributed by atoms with E-state index >= 15 is 0 Å². The molecule has 5 nitrogen and oxygen atoms in total. The molecule has 0 heterocycles. The van der Waals surface area contributed by atoms with E-state index in [-0.39, 0.29) is 11.6 Å². The van der Waals surface area contributed by atoms with Gasteiger partial charge in [-0.15, -0.1) is 0 Å². The van der Waals surface area contributed by atoms with Crippen molar-refractivity contribution in [3.05, 3.63) is 0 Å². The third-order valence-electron chi connectivity index (χ3n) is 3.99. The Morgan fingerprint density at radius 3 is 2.70 bits per heavy atom. The van der Waals surface area contributed by atoms with Crippen LogP contribution in [-0.4, -0.2) is 51.2 Å². The van der Waals surface area contributed by atoms with Crippen molar-refractivity contribution in [2.24, 2.45) is 0 Å². The number of nitriles is 1. The van der Waals surface area contributed by atoms with Crippen LogP contribution < -0.4 is 5.32 Å². The van der Waals surface area contributed by atoms with Gasteiger partial charge in [0.05, 0.1) is 38.6 Å². The zero-order valence-electron chi connectivity index (χ0n) is 12.4. The van der Waals surface area contributed by atoms with E-state index in [2.05, 4.69) is 11.4 Å². The van der Waals surface area contributed by atoms with Crippen LogP contribution in [-0.2, 0) is 14.2 Å². The lowest BCUT2D eigenvalue weighted by atomic mass is 9.81. The topological polar surface area (TPSA) is 63.5 Å². The van der Waals surface area contributed by atoms with Crippen LogP contribution in [0.5, 0.6) is 0 Å². The minimum atomic E-state index is -0.360. The van der Waals surface area contributed by atoms with Gasteiger partial charge in [0.1, 0.15) is 5.54 Å². The molecule has 0 spiro atoms. The zero-order chi connectivity index (χ0) is 14.3. The van der Waals surface area contributed by atoms with Crippen LogP contribution in [0.3, 0.4) is 0 Å². The molecule has 1 N–H and O–H groups in total. The normalized spacial score (nSPS) is 30.1. The molecule has 0 aromatic rings. The summed E-state index contributed by atoms with van der Waals surface area (Å²) >= 11 is 0. The number of rotatable bonds is 9. The van der Waals surface area contributed by atoms with Gasteiger partial charge < -0.3 is 14.2 Å². The van der Waals surface area contributed by atoms with Gasteiger partial charge in [-0.1, -0.05) is 0 Å². The fourth-order valence-electron chi connectivity index (χ4n) is 2.77. The highest BCUT2D eigenvalue weighted by Gasteiger charge is 2.40. The number of ether oxygens (including phenoxy) is 3. The number of hydrogen-bond donors (Lipinski definition) is 1. The highest BCUT2D eigenvalue weighted by atomic mass is 16.5. The molecule has 114 valence electrons. The Hall–Kier alpha value is -0.670. The summed E-state index contributed by atoms with van der Waals surface area (Å²) in [6.07, 6.45) is 6.46. The summed E-state index contributed by atoms with van der Waals surface area (Å²) in [6, 6.07) is 3.06. The van der Waals surface area contributed by atoms with Gasteiger partial charge in [-0.25, -0.2) is 0 Å². The first-order valence-corrected chi connectivity index (χ1v) is 7.65. The fourth-order valence-corrected chi connectivity index (χ4v) is 2.77. The van der Waals surface area contributed by atoms with Crippen molar-refractivity contribution in [2.45, 2.75) is 56.2 Å². The van der Waals surface area contributed by atoms with Gasteiger partial charge in [0.15, 0.2) is 0 Å². The van der Waals surface area contributed by atoms with Crippen LogP contribution in [0.2, 0.25) is 0 Å². The van der Waals surface area contributed by atoms with E-state index in [9.17, 15) is 5.26 Å². The van der Waals surface area contributed by atoms with Crippen molar-refractivity contribution in [2.75, 3.05) is 33.5 Å². The molecule has 2 rings (SSSR count). The molecule has 20 heavy (non-hydrogen) atoms. The molecule has 2 fully saturated rings. The largest absolute Gasteiger partial charge is 0.382 e. The number of nitrogens with one attached hydrogen (secondary N) is 1. The minimum Gasteiger partial charge on any atom is -0.382 e. The van der Waals surface area contributed by atoms with Gasteiger partial charge in [0.25, 0.3) is 0 Å². The smallest absolute Gasteiger partial charge is 0.109 e. The highest BCUT2D eigenvalue weighted by molar-refractivity contribution is 5.12. The second-order valence-electron chi connectivity index (χ2n) is 5.81. The van der Waals surface area contributed by atoms with Crippen molar-refractivity contribution in [1.82, 2.24) is 5.32 Å². The van der Waals surface area contributed by atoms with Gasteiger partial charge >= 0.3 is 0 Å². The lowest BCUT2D eigenvalue weighted by molar-refractivity contribution is -0.0285. The number of hydrogen-bond acceptors (Lipinski definition) is 5. The molecule has 5 heteroatoms. The Morgan fingerprint density at radius 2 is 2.00 bits per heavy atom. The molecular weight excluding hydrogens is 256 g/mol. The van der Waals surface area contributed by atoms with E-state index in [4.69, 9.17) is 14.2 Å². The monoisotopic (exact) mass is 282 g/mol. The first-order valence-electron chi connectivity index (χ1n) is 7.65. The molecule has 2 unspecified atom stereocenters. The third kappa shape index (κ3) is 5.02. The van der Waals surface area contributed by atoms with E-state index in [0.717, 1.165) is 25.7 Å². The zero-order valence-corrected chi connectivity index (χ0v) is 12.4. The number of nitrogens with zero attached hydrogens (tertiary/aromatic N) is 1. The molecule has 0 aliphatic heterocycles. The Bertz CT molecular complexity index is 328. The number of methoxy groups -OCH3 is 1. The lowest BCUT2D eigenvalue weighted by Gasteiger charge is -2.36. The Kier molecular flexibility index (Phi) is 6.24. The summed E-state index contributed by atoms with van der Waals surface area (Å²) in [5.41, 5.74) is -0.360. The molecular formula is C15H26N2O3. The average molecular weight is 282 g/mol. The van der Waals surface area contributed by atoms with Crippen LogP contribution >= 0.6 is 0 Å². The van der Waals surface area contributed by atoms with Crippen LogP contribution in [0.1, 0.15) is 38.5 Å². The molecule has 0 amide bonds. The van der Waals surface area contributed by atoms with Gasteiger partial charge in [-0.3, -0.25) is 5.32 Å². The third-order valence-corrected chi connectivity index (χ3v) is 3.99. The second kappa shape index (κ2) is 7.94. The SMILES string of the molecule is COCCOCCOC1CCCC(C#N)(NC2CC2)C1. The molecule has 2 aliphatic rings.